The molecule has 0 bridgehead atoms. The monoisotopic (exact) mass is 1510 g/mol. The molecular weight excluding hydrogens is 1430 g/mol. The zero-order valence-corrected chi connectivity index (χ0v) is 62.5. The number of hydrogen-bond acceptors (Lipinski definition) is 14. The summed E-state index contributed by atoms with van der Waals surface area (Å²) in [4.78, 5) is 116. The first-order valence-electron chi connectivity index (χ1n) is 36.3. The highest BCUT2D eigenvalue weighted by Crippen LogP contribution is 2.40. The highest BCUT2D eigenvalue weighted by Gasteiger charge is 2.32. The van der Waals surface area contributed by atoms with Gasteiger partial charge in [-0.1, -0.05) is 164 Å². The SMILES string of the molecule is CC(C)c1ccc(C2CC(=O)CC(=O)C2)cc1.O=C1CC(=O)CC(c2ccc(OCCCc3ccccc3)cc2)C1.O=C1CC(=O)CC(c2cccc(Oc3cc(Cl)cc(Cl)c3)c2)C1.O=C1CC(=O)CC(c2cccc(Oc3cccc(Cl)c3)c2)C1.O=C1CC(=O)CC(c2ccccc2Oc2ccc(F)cc2)C1. The molecule has 0 saturated heterocycles. The number of rotatable bonds is 17. The van der Waals surface area contributed by atoms with Gasteiger partial charge in [-0.05, 0) is 185 Å². The third-order valence-electron chi connectivity index (χ3n) is 19.0. The molecule has 0 radical (unpaired) electrons. The average molecular weight is 1520 g/mol. The van der Waals surface area contributed by atoms with Gasteiger partial charge in [-0.15, -0.1) is 0 Å². The fourth-order valence-electron chi connectivity index (χ4n) is 13.8. The Bertz CT molecular complexity index is 4590. The Kier molecular flexibility index (Phi) is 29.3. The van der Waals surface area contributed by atoms with Crippen molar-refractivity contribution in [3.8, 4) is 40.2 Å². The average Bonchev–Trinajstić information content (AvgIpc) is 0.813. The van der Waals surface area contributed by atoms with Crippen LogP contribution >= 0.6 is 34.8 Å². The van der Waals surface area contributed by atoms with Gasteiger partial charge in [0.15, 0.2) is 0 Å². The molecule has 5 saturated carbocycles. The van der Waals surface area contributed by atoms with Crippen LogP contribution in [0.3, 0.4) is 0 Å². The van der Waals surface area contributed by atoms with Crippen LogP contribution in [-0.2, 0) is 54.4 Å². The van der Waals surface area contributed by atoms with Crippen molar-refractivity contribution in [1.29, 1.82) is 0 Å². The molecule has 14 nitrogen and oxygen atoms in total. The Morgan fingerprint density at radius 1 is 0.333 bits per heavy atom. The Morgan fingerprint density at radius 3 is 1.17 bits per heavy atom. The third kappa shape index (κ3) is 25.4. The van der Waals surface area contributed by atoms with Gasteiger partial charge in [0.25, 0.3) is 0 Å². The van der Waals surface area contributed by atoms with E-state index in [9.17, 15) is 52.3 Å². The number of hydrogen-bond donors (Lipinski definition) is 0. The van der Waals surface area contributed by atoms with E-state index in [-0.39, 0.29) is 125 Å². The van der Waals surface area contributed by atoms with Crippen molar-refractivity contribution < 1.29 is 71.3 Å². The summed E-state index contributed by atoms with van der Waals surface area (Å²) in [5.74, 6) is 4.72. The van der Waals surface area contributed by atoms with Gasteiger partial charge in [0.2, 0.25) is 0 Å². The highest BCUT2D eigenvalue weighted by atomic mass is 35.5. The Balaban J connectivity index is 0.000000145. The number of ether oxygens (including phenoxy) is 4. The van der Waals surface area contributed by atoms with Crippen LogP contribution in [-0.4, -0.2) is 64.4 Å². The number of aryl methyl sites for hydroxylation is 1. The molecule has 108 heavy (non-hydrogen) atoms. The molecule has 0 N–H and O–H groups in total. The molecule has 5 aliphatic carbocycles. The van der Waals surface area contributed by atoms with E-state index in [1.807, 2.05) is 109 Å². The molecule has 0 aromatic heterocycles. The summed E-state index contributed by atoms with van der Waals surface area (Å²) in [6.07, 6.45) is 6.76. The summed E-state index contributed by atoms with van der Waals surface area (Å²) in [5, 5.41) is 1.59. The lowest BCUT2D eigenvalue weighted by Gasteiger charge is -2.22. The fraction of sp³-hybridized carbons (Fsp3) is 0.289. The number of ketones is 10. The zero-order valence-electron chi connectivity index (χ0n) is 60.2. The molecule has 5 fully saturated rings. The van der Waals surface area contributed by atoms with E-state index in [2.05, 4.69) is 62.4 Å². The molecule has 0 aliphatic heterocycles. The van der Waals surface area contributed by atoms with Gasteiger partial charge >= 0.3 is 0 Å². The van der Waals surface area contributed by atoms with Crippen molar-refractivity contribution >= 4 is 92.6 Å². The van der Waals surface area contributed by atoms with Crippen LogP contribution in [0.15, 0.2) is 218 Å². The minimum atomic E-state index is -0.330. The van der Waals surface area contributed by atoms with Crippen LogP contribution in [0, 0.1) is 5.82 Å². The van der Waals surface area contributed by atoms with Crippen LogP contribution < -0.4 is 18.9 Å². The Hall–Kier alpha value is -10.3. The molecule has 0 spiro atoms. The predicted octanol–water partition coefficient (Wildman–Crippen LogP) is 21.1. The molecule has 18 heteroatoms. The van der Waals surface area contributed by atoms with Crippen molar-refractivity contribution in [3.05, 3.63) is 278 Å². The maximum Gasteiger partial charge on any atom is 0.140 e. The van der Waals surface area contributed by atoms with Gasteiger partial charge in [0, 0.05) is 85.2 Å². The number of carbonyl (C=O) groups is 10. The van der Waals surface area contributed by atoms with Crippen LogP contribution in [0.2, 0.25) is 15.1 Å². The van der Waals surface area contributed by atoms with E-state index in [4.69, 9.17) is 53.8 Å². The van der Waals surface area contributed by atoms with E-state index in [1.54, 1.807) is 48.5 Å². The van der Waals surface area contributed by atoms with Gasteiger partial charge in [-0.25, -0.2) is 4.39 Å². The number of benzene rings is 9. The lowest BCUT2D eigenvalue weighted by Crippen LogP contribution is -2.21. The molecule has 0 heterocycles. The Morgan fingerprint density at radius 2 is 0.713 bits per heavy atom. The second kappa shape index (κ2) is 39.5. The summed E-state index contributed by atoms with van der Waals surface area (Å²) in [6.45, 7) is 4.99. The summed E-state index contributed by atoms with van der Waals surface area (Å²) in [7, 11) is 0. The van der Waals surface area contributed by atoms with E-state index in [0.29, 0.717) is 126 Å². The van der Waals surface area contributed by atoms with Gasteiger partial charge in [-0.2, -0.15) is 0 Å². The molecule has 14 rings (SSSR count). The summed E-state index contributed by atoms with van der Waals surface area (Å²) < 4.78 is 36.1. The van der Waals surface area contributed by atoms with Crippen LogP contribution in [0.4, 0.5) is 4.39 Å². The largest absolute Gasteiger partial charge is 0.494 e. The first kappa shape index (κ1) is 80.2. The smallest absolute Gasteiger partial charge is 0.140 e. The first-order chi connectivity index (χ1) is 52.0. The van der Waals surface area contributed by atoms with Crippen molar-refractivity contribution in [2.45, 2.75) is 159 Å². The number of para-hydroxylation sites is 1. The van der Waals surface area contributed by atoms with Crippen molar-refractivity contribution in [2.24, 2.45) is 0 Å². The van der Waals surface area contributed by atoms with Crippen LogP contribution in [0.5, 0.6) is 40.2 Å². The standard InChI is InChI=1S/C21H22O3.C18H14Cl2O3.C18H15ClO3.C18H15FO3.C15H18O2/c22-19-13-18(14-20(23)15-19)17-8-10-21(11-9-17)24-12-4-7-16-5-2-1-3-6-16;19-13-7-14(20)9-18(8-13)23-17-3-1-2-11(6-17)12-4-15(21)10-16(22)5-12;19-14-4-2-6-18(10-14)22-17-5-1-3-12(9-17)13-7-15(20)11-16(21)8-13;19-13-5-7-16(8-6-13)22-18-4-2-1-3-17(18)12-9-14(20)11-15(21)10-12;1-10(2)11-3-5-12(6-4-11)13-7-14(16)9-15(17)8-13/h1-3,5-6,8-11,18H,4,7,12-15H2;1-3,6-9,12H,4-5,10H2;1-6,9-10,13H,7-8,11H2;1-8,12H,9-11H2;3-6,10,13H,7-9H2,1-2H3. The van der Waals surface area contributed by atoms with Gasteiger partial charge in [0.1, 0.15) is 104 Å². The topological polar surface area (TPSA) is 208 Å². The Labute approximate surface area is 643 Å². The molecule has 9 aromatic rings. The lowest BCUT2D eigenvalue weighted by molar-refractivity contribution is -0.131. The number of halogens is 4. The molecule has 556 valence electrons. The molecule has 0 amide bonds. The minimum absolute atomic E-state index is 0.000746. The summed E-state index contributed by atoms with van der Waals surface area (Å²) in [5.41, 5.74) is 7.51. The minimum Gasteiger partial charge on any atom is -0.494 e. The molecule has 0 atom stereocenters. The fourth-order valence-corrected chi connectivity index (χ4v) is 14.5. The quantitative estimate of drug-likeness (QED) is 0.0614. The van der Waals surface area contributed by atoms with E-state index >= 15 is 0 Å². The third-order valence-corrected chi connectivity index (χ3v) is 19.7. The van der Waals surface area contributed by atoms with E-state index < -0.39 is 0 Å². The highest BCUT2D eigenvalue weighted by molar-refractivity contribution is 6.34. The number of carbonyl (C=O) groups excluding carboxylic acids is 10. The van der Waals surface area contributed by atoms with Crippen molar-refractivity contribution in [3.63, 3.8) is 0 Å². The molecular formula is C90H84Cl3FO14. The molecule has 9 aromatic carbocycles. The van der Waals surface area contributed by atoms with Gasteiger partial charge < -0.3 is 18.9 Å². The maximum absolute atomic E-state index is 13.0. The summed E-state index contributed by atoms with van der Waals surface area (Å²) >= 11 is 17.9. The van der Waals surface area contributed by atoms with Crippen LogP contribution in [0.25, 0.3) is 0 Å². The zero-order chi connectivity index (χ0) is 76.6. The number of Topliss-reactive ketones (excluding diaryl/α,β-unsaturated/α-hetero) is 10. The van der Waals surface area contributed by atoms with E-state index in [1.165, 1.54) is 23.3 Å². The predicted molar refractivity (Wildman–Crippen MR) is 414 cm³/mol. The summed E-state index contributed by atoms with van der Waals surface area (Å²) in [6, 6.07) is 66.7. The van der Waals surface area contributed by atoms with Crippen LogP contribution in [0.1, 0.15) is 191 Å². The van der Waals surface area contributed by atoms with Gasteiger partial charge in [-0.3, -0.25) is 47.9 Å². The maximum atomic E-state index is 13.0. The first-order valence-corrected chi connectivity index (χ1v) is 37.4. The molecule has 0 unspecified atom stereocenters. The van der Waals surface area contributed by atoms with E-state index in [0.717, 1.165) is 46.4 Å². The lowest BCUT2D eigenvalue weighted by atomic mass is 9.82. The molecule has 5 aliphatic rings. The second-order valence-corrected chi connectivity index (χ2v) is 29.4. The van der Waals surface area contributed by atoms with Gasteiger partial charge in [0.05, 0.1) is 38.7 Å². The van der Waals surface area contributed by atoms with Crippen molar-refractivity contribution in [2.75, 3.05) is 6.61 Å². The van der Waals surface area contributed by atoms with Crippen molar-refractivity contribution in [1.82, 2.24) is 0 Å². The second-order valence-electron chi connectivity index (χ2n) is 28.1. The normalized spacial score (nSPS) is 16.1.